The maximum absolute atomic E-state index is 14.1. The first-order valence-electron chi connectivity index (χ1n) is 9.25. The molecule has 7 heteroatoms. The number of carbonyl (C=O) groups excluding carboxylic acids is 1. The topological polar surface area (TPSA) is 59.3 Å². The minimum atomic E-state index is -0.369. The normalized spacial score (nSPS) is 11.0. The van der Waals surface area contributed by atoms with Crippen LogP contribution in [0.4, 0.5) is 10.2 Å². The first-order chi connectivity index (χ1) is 14.7. The van der Waals surface area contributed by atoms with Gasteiger partial charge in [-0.15, -0.1) is 11.3 Å². The van der Waals surface area contributed by atoms with Crippen LogP contribution in [0, 0.1) is 5.82 Å². The van der Waals surface area contributed by atoms with Crippen LogP contribution < -0.4 is 5.32 Å². The van der Waals surface area contributed by atoms with Gasteiger partial charge >= 0.3 is 0 Å². The maximum atomic E-state index is 14.1. The third-order valence-corrected chi connectivity index (χ3v) is 5.67. The summed E-state index contributed by atoms with van der Waals surface area (Å²) in [5.74, 6) is -0.118. The second-order valence-electron chi connectivity index (χ2n) is 6.57. The SMILES string of the molecule is O=C(Nc1c(-c2ccccc2)nc2ccccn12)c1cnc(-c2ccccc2F)s1. The largest absolute Gasteiger partial charge is 0.305 e. The number of rotatable bonds is 4. The van der Waals surface area contributed by atoms with E-state index >= 15 is 0 Å². The Kier molecular flexibility index (Phi) is 4.57. The second-order valence-corrected chi connectivity index (χ2v) is 7.60. The zero-order valence-corrected chi connectivity index (χ0v) is 16.4. The summed E-state index contributed by atoms with van der Waals surface area (Å²) in [6.07, 6.45) is 3.31. The number of anilines is 1. The highest BCUT2D eigenvalue weighted by Gasteiger charge is 2.19. The standard InChI is InChI=1S/C23H15FN4OS/c24-17-11-5-4-10-16(17)23-25-14-18(30-23)22(29)27-21-20(15-8-2-1-3-9-15)26-19-12-6-7-13-28(19)21/h1-14H,(H,27,29). The lowest BCUT2D eigenvalue weighted by Gasteiger charge is -2.06. The van der Waals surface area contributed by atoms with Gasteiger partial charge in [-0.3, -0.25) is 9.20 Å². The highest BCUT2D eigenvalue weighted by Crippen LogP contribution is 2.31. The molecule has 0 fully saturated rings. The van der Waals surface area contributed by atoms with Gasteiger partial charge in [-0.25, -0.2) is 14.4 Å². The number of aromatic nitrogens is 3. The first kappa shape index (κ1) is 18.2. The van der Waals surface area contributed by atoms with Crippen LogP contribution in [0.5, 0.6) is 0 Å². The van der Waals surface area contributed by atoms with Crippen LogP contribution in [-0.4, -0.2) is 20.3 Å². The van der Waals surface area contributed by atoms with E-state index in [-0.39, 0.29) is 11.7 Å². The molecule has 2 aromatic carbocycles. The minimum absolute atomic E-state index is 0.321. The van der Waals surface area contributed by atoms with Crippen LogP contribution >= 0.6 is 11.3 Å². The van der Waals surface area contributed by atoms with Crippen LogP contribution in [0.3, 0.4) is 0 Å². The van der Waals surface area contributed by atoms with Gasteiger partial charge in [0, 0.05) is 17.3 Å². The van der Waals surface area contributed by atoms with E-state index in [0.29, 0.717) is 27.0 Å². The number of pyridine rings is 1. The molecule has 146 valence electrons. The summed E-state index contributed by atoms with van der Waals surface area (Å²) in [6, 6.07) is 21.7. The molecule has 1 amide bonds. The first-order valence-corrected chi connectivity index (χ1v) is 10.1. The van der Waals surface area contributed by atoms with Gasteiger partial charge in [0.1, 0.15) is 32.9 Å². The number of fused-ring (bicyclic) bond motifs is 1. The molecule has 5 rings (SSSR count). The van der Waals surface area contributed by atoms with Crippen molar-refractivity contribution in [1.82, 2.24) is 14.4 Å². The average Bonchev–Trinajstić information content (AvgIpc) is 3.41. The predicted octanol–water partition coefficient (Wildman–Crippen LogP) is 5.52. The molecule has 3 aromatic heterocycles. The lowest BCUT2D eigenvalue weighted by atomic mass is 10.1. The number of imidazole rings is 1. The van der Waals surface area contributed by atoms with E-state index in [4.69, 9.17) is 0 Å². The van der Waals surface area contributed by atoms with E-state index < -0.39 is 0 Å². The summed E-state index contributed by atoms with van der Waals surface area (Å²) in [4.78, 5) is 22.3. The maximum Gasteiger partial charge on any atom is 0.268 e. The summed E-state index contributed by atoms with van der Waals surface area (Å²) >= 11 is 1.14. The van der Waals surface area contributed by atoms with Gasteiger partial charge in [0.15, 0.2) is 0 Å². The Labute approximate surface area is 175 Å². The highest BCUT2D eigenvalue weighted by molar-refractivity contribution is 7.17. The van der Waals surface area contributed by atoms with E-state index in [0.717, 1.165) is 22.5 Å². The van der Waals surface area contributed by atoms with Crippen LogP contribution in [0.15, 0.2) is 85.2 Å². The number of nitrogens with zero attached hydrogens (tertiary/aromatic N) is 3. The molecule has 5 nitrogen and oxygen atoms in total. The van der Waals surface area contributed by atoms with E-state index in [9.17, 15) is 9.18 Å². The summed E-state index contributed by atoms with van der Waals surface area (Å²) in [7, 11) is 0. The lowest BCUT2D eigenvalue weighted by molar-refractivity contribution is 0.103. The number of amides is 1. The number of halogens is 1. The second kappa shape index (κ2) is 7.53. The van der Waals surface area contributed by atoms with Crippen molar-refractivity contribution in [1.29, 1.82) is 0 Å². The lowest BCUT2D eigenvalue weighted by Crippen LogP contribution is -2.12. The number of hydrogen-bond donors (Lipinski definition) is 1. The van der Waals surface area contributed by atoms with E-state index in [2.05, 4.69) is 15.3 Å². The number of carbonyl (C=O) groups is 1. The Morgan fingerprint density at radius 2 is 1.73 bits per heavy atom. The summed E-state index contributed by atoms with van der Waals surface area (Å²) in [6.45, 7) is 0. The van der Waals surface area contributed by atoms with Crippen molar-refractivity contribution in [2.75, 3.05) is 5.32 Å². The average molecular weight is 414 g/mol. The zero-order chi connectivity index (χ0) is 20.5. The monoisotopic (exact) mass is 414 g/mol. The van der Waals surface area contributed by atoms with E-state index in [1.807, 2.05) is 59.1 Å². The van der Waals surface area contributed by atoms with Gasteiger partial charge in [0.2, 0.25) is 0 Å². The Balaban J connectivity index is 1.52. The van der Waals surface area contributed by atoms with Crippen LogP contribution in [-0.2, 0) is 0 Å². The number of benzene rings is 2. The number of thiazole rings is 1. The minimum Gasteiger partial charge on any atom is -0.305 e. The molecule has 0 saturated carbocycles. The summed E-state index contributed by atoms with van der Waals surface area (Å²) in [5.41, 5.74) is 2.67. The third kappa shape index (κ3) is 3.25. The molecule has 0 bridgehead atoms. The quantitative estimate of drug-likeness (QED) is 0.421. The van der Waals surface area contributed by atoms with Crippen molar-refractivity contribution in [3.05, 3.63) is 95.9 Å². The molecule has 1 N–H and O–H groups in total. The molecule has 0 unspecified atom stereocenters. The number of hydrogen-bond acceptors (Lipinski definition) is 4. The molecule has 0 aliphatic heterocycles. The van der Waals surface area contributed by atoms with Crippen molar-refractivity contribution in [2.24, 2.45) is 0 Å². The van der Waals surface area contributed by atoms with Crippen molar-refractivity contribution in [3.8, 4) is 21.8 Å². The molecule has 3 heterocycles. The Bertz CT molecular complexity index is 1360. The van der Waals surface area contributed by atoms with Crippen molar-refractivity contribution < 1.29 is 9.18 Å². The predicted molar refractivity (Wildman–Crippen MR) is 116 cm³/mol. The van der Waals surface area contributed by atoms with Gasteiger partial charge in [-0.1, -0.05) is 48.5 Å². The van der Waals surface area contributed by atoms with Gasteiger partial charge in [0.25, 0.3) is 5.91 Å². The molecule has 0 aliphatic carbocycles. The third-order valence-electron chi connectivity index (χ3n) is 4.64. The molecule has 0 saturated heterocycles. The van der Waals surface area contributed by atoms with Gasteiger partial charge in [-0.2, -0.15) is 0 Å². The Morgan fingerprint density at radius 1 is 0.967 bits per heavy atom. The fraction of sp³-hybridized carbons (Fsp3) is 0. The van der Waals surface area contributed by atoms with Crippen molar-refractivity contribution >= 4 is 28.7 Å². The van der Waals surface area contributed by atoms with Crippen molar-refractivity contribution in [2.45, 2.75) is 0 Å². The molecule has 0 aliphatic rings. The summed E-state index contributed by atoms with van der Waals surface area (Å²) in [5, 5.41) is 3.42. The van der Waals surface area contributed by atoms with Gasteiger partial charge in [0.05, 0.1) is 6.20 Å². The van der Waals surface area contributed by atoms with Crippen LogP contribution in [0.1, 0.15) is 9.67 Å². The molecule has 0 spiro atoms. The van der Waals surface area contributed by atoms with Crippen LogP contribution in [0.2, 0.25) is 0 Å². The van der Waals surface area contributed by atoms with Crippen molar-refractivity contribution in [3.63, 3.8) is 0 Å². The fourth-order valence-corrected chi connectivity index (χ4v) is 4.06. The van der Waals surface area contributed by atoms with E-state index in [1.165, 1.54) is 12.3 Å². The van der Waals surface area contributed by atoms with Gasteiger partial charge in [-0.05, 0) is 24.3 Å². The van der Waals surface area contributed by atoms with E-state index in [1.54, 1.807) is 18.2 Å². The van der Waals surface area contributed by atoms with Crippen LogP contribution in [0.25, 0.3) is 27.5 Å². The fourth-order valence-electron chi connectivity index (χ4n) is 3.22. The molecule has 30 heavy (non-hydrogen) atoms. The molecule has 0 atom stereocenters. The molecular formula is C23H15FN4OS. The zero-order valence-electron chi connectivity index (χ0n) is 15.6. The molecule has 0 radical (unpaired) electrons. The molecular weight excluding hydrogens is 399 g/mol. The molecule has 5 aromatic rings. The summed E-state index contributed by atoms with van der Waals surface area (Å²) < 4.78 is 15.9. The Hall–Kier alpha value is -3.84. The Morgan fingerprint density at radius 3 is 2.57 bits per heavy atom. The number of nitrogens with one attached hydrogen (secondary N) is 1. The highest BCUT2D eigenvalue weighted by atomic mass is 32.1. The smallest absolute Gasteiger partial charge is 0.268 e. The van der Waals surface area contributed by atoms with Gasteiger partial charge < -0.3 is 5.32 Å².